The van der Waals surface area contributed by atoms with E-state index in [0.717, 1.165) is 5.56 Å². The molecule has 0 saturated heterocycles. The highest BCUT2D eigenvalue weighted by atomic mass is 16.5. The summed E-state index contributed by atoms with van der Waals surface area (Å²) in [6, 6.07) is 22.2. The quantitative estimate of drug-likeness (QED) is 0.259. The number of hydrogen-bond donors (Lipinski definition) is 1. The highest BCUT2D eigenvalue weighted by Crippen LogP contribution is 2.24. The van der Waals surface area contributed by atoms with Gasteiger partial charge in [-0.15, -0.1) is 0 Å². The van der Waals surface area contributed by atoms with Gasteiger partial charge in [0.1, 0.15) is 28.2 Å². The number of carbonyl (C=O) groups excluding carboxylic acids is 2. The maximum atomic E-state index is 12.6. The Labute approximate surface area is 189 Å². The molecule has 0 bridgehead atoms. The molecule has 0 saturated carbocycles. The Hall–Kier alpha value is -4.39. The molecule has 1 N–H and O–H groups in total. The van der Waals surface area contributed by atoms with Crippen LogP contribution in [0.1, 0.15) is 33.2 Å². The van der Waals surface area contributed by atoms with E-state index in [1.165, 1.54) is 12.1 Å². The van der Waals surface area contributed by atoms with E-state index in [1.54, 1.807) is 36.4 Å². The van der Waals surface area contributed by atoms with Gasteiger partial charge in [-0.25, -0.2) is 9.59 Å². The van der Waals surface area contributed by atoms with Crippen molar-refractivity contribution in [1.29, 1.82) is 0 Å². The summed E-state index contributed by atoms with van der Waals surface area (Å²) in [5, 5.41) is 3.23. The van der Waals surface area contributed by atoms with Crippen LogP contribution in [-0.2, 0) is 6.54 Å². The van der Waals surface area contributed by atoms with Gasteiger partial charge in [0.05, 0.1) is 6.61 Å². The normalized spacial score (nSPS) is 10.6. The molecule has 7 heteroatoms. The van der Waals surface area contributed by atoms with Gasteiger partial charge < -0.3 is 19.2 Å². The topological polar surface area (TPSA) is 94.8 Å². The molecule has 1 heterocycles. The molecule has 0 unspecified atom stereocenters. The van der Waals surface area contributed by atoms with Crippen LogP contribution in [0.2, 0.25) is 0 Å². The van der Waals surface area contributed by atoms with E-state index >= 15 is 0 Å². The van der Waals surface area contributed by atoms with E-state index in [1.807, 2.05) is 37.3 Å². The zero-order valence-electron chi connectivity index (χ0n) is 17.9. The molecular weight excluding hydrogens is 422 g/mol. The van der Waals surface area contributed by atoms with Crippen LogP contribution in [0, 0.1) is 0 Å². The number of nitrogens with one attached hydrogen (secondary N) is 1. The second kappa shape index (κ2) is 9.82. The number of hydrogen-bond acceptors (Lipinski definition) is 6. The van der Waals surface area contributed by atoms with E-state index in [2.05, 4.69) is 5.32 Å². The molecule has 0 aliphatic rings. The molecule has 4 rings (SSSR count). The molecule has 0 spiro atoms. The van der Waals surface area contributed by atoms with Gasteiger partial charge in [0.25, 0.3) is 5.91 Å². The number of fused-ring (bicyclic) bond motifs is 1. The number of amides is 1. The Morgan fingerprint density at radius 3 is 2.45 bits per heavy atom. The minimum absolute atomic E-state index is 0.103. The standard InChI is InChI=1S/C26H21NO6/c1-2-31-22-11-7-6-10-20(22)25(29)32-19-13-12-18-14-21(26(30)33-23(18)15-19)24(28)27-16-17-8-4-3-5-9-17/h3-15H,2,16H2,1H3,(H,27,28). The monoisotopic (exact) mass is 443 g/mol. The van der Waals surface area contributed by atoms with Crippen molar-refractivity contribution in [2.24, 2.45) is 0 Å². The van der Waals surface area contributed by atoms with Crippen molar-refractivity contribution < 1.29 is 23.5 Å². The minimum Gasteiger partial charge on any atom is -0.493 e. The second-order valence-corrected chi connectivity index (χ2v) is 7.13. The van der Waals surface area contributed by atoms with Gasteiger partial charge >= 0.3 is 11.6 Å². The Morgan fingerprint density at radius 2 is 1.67 bits per heavy atom. The summed E-state index contributed by atoms with van der Waals surface area (Å²) in [5.41, 5.74) is 0.509. The van der Waals surface area contributed by atoms with Gasteiger partial charge in [0, 0.05) is 18.0 Å². The van der Waals surface area contributed by atoms with E-state index in [4.69, 9.17) is 13.9 Å². The second-order valence-electron chi connectivity index (χ2n) is 7.13. The third kappa shape index (κ3) is 5.10. The Morgan fingerprint density at radius 1 is 0.909 bits per heavy atom. The molecule has 0 radical (unpaired) electrons. The van der Waals surface area contributed by atoms with Crippen molar-refractivity contribution in [3.63, 3.8) is 0 Å². The number of para-hydroxylation sites is 1. The maximum absolute atomic E-state index is 12.6. The molecule has 1 amide bonds. The summed E-state index contributed by atoms with van der Waals surface area (Å²) in [5.74, 6) is -0.512. The highest BCUT2D eigenvalue weighted by molar-refractivity contribution is 5.97. The van der Waals surface area contributed by atoms with Crippen molar-refractivity contribution in [2.75, 3.05) is 6.61 Å². The first-order valence-electron chi connectivity index (χ1n) is 10.4. The number of ether oxygens (including phenoxy) is 2. The van der Waals surface area contributed by atoms with Gasteiger partial charge in [0.2, 0.25) is 0 Å². The fourth-order valence-electron chi connectivity index (χ4n) is 3.27. The first-order valence-corrected chi connectivity index (χ1v) is 10.4. The number of esters is 1. The number of rotatable bonds is 7. The van der Waals surface area contributed by atoms with E-state index in [-0.39, 0.29) is 29.0 Å². The van der Waals surface area contributed by atoms with E-state index < -0.39 is 17.5 Å². The first kappa shape index (κ1) is 21.8. The zero-order chi connectivity index (χ0) is 23.2. The van der Waals surface area contributed by atoms with E-state index in [9.17, 15) is 14.4 Å². The van der Waals surface area contributed by atoms with Gasteiger partial charge in [-0.3, -0.25) is 4.79 Å². The third-order valence-electron chi connectivity index (χ3n) is 4.87. The van der Waals surface area contributed by atoms with Crippen molar-refractivity contribution in [3.05, 3.63) is 106 Å². The van der Waals surface area contributed by atoms with E-state index in [0.29, 0.717) is 17.7 Å². The average molecular weight is 443 g/mol. The molecule has 166 valence electrons. The average Bonchev–Trinajstić information content (AvgIpc) is 2.83. The largest absolute Gasteiger partial charge is 0.493 e. The molecule has 33 heavy (non-hydrogen) atoms. The lowest BCUT2D eigenvalue weighted by molar-refractivity contribution is 0.0730. The van der Waals surface area contributed by atoms with Gasteiger partial charge in [0.15, 0.2) is 0 Å². The molecule has 0 aliphatic carbocycles. The summed E-state index contributed by atoms with van der Waals surface area (Å²) in [6.07, 6.45) is 0. The number of benzene rings is 3. The zero-order valence-corrected chi connectivity index (χ0v) is 17.9. The molecule has 1 aromatic heterocycles. The van der Waals surface area contributed by atoms with Crippen LogP contribution in [0.15, 0.2) is 88.1 Å². The molecule has 0 atom stereocenters. The van der Waals surface area contributed by atoms with Crippen molar-refractivity contribution in [3.8, 4) is 11.5 Å². The molecule has 0 aliphatic heterocycles. The van der Waals surface area contributed by atoms with Crippen LogP contribution in [0.4, 0.5) is 0 Å². The lowest BCUT2D eigenvalue weighted by atomic mass is 10.1. The first-order chi connectivity index (χ1) is 16.0. The highest BCUT2D eigenvalue weighted by Gasteiger charge is 2.17. The van der Waals surface area contributed by atoms with Crippen molar-refractivity contribution in [2.45, 2.75) is 13.5 Å². The molecule has 3 aromatic carbocycles. The predicted molar refractivity (Wildman–Crippen MR) is 123 cm³/mol. The summed E-state index contributed by atoms with van der Waals surface area (Å²) in [7, 11) is 0. The number of carbonyl (C=O) groups is 2. The van der Waals surface area contributed by atoms with Gasteiger partial charge in [-0.2, -0.15) is 0 Å². The fraction of sp³-hybridized carbons (Fsp3) is 0.115. The lowest BCUT2D eigenvalue weighted by Gasteiger charge is -2.10. The molecular formula is C26H21NO6. The fourth-order valence-corrected chi connectivity index (χ4v) is 3.27. The van der Waals surface area contributed by atoms with Gasteiger partial charge in [-0.05, 0) is 42.8 Å². The molecule has 7 nitrogen and oxygen atoms in total. The predicted octanol–water partition coefficient (Wildman–Crippen LogP) is 4.34. The Balaban J connectivity index is 1.52. The van der Waals surface area contributed by atoms with Gasteiger partial charge in [-0.1, -0.05) is 42.5 Å². The molecule has 0 fully saturated rings. The van der Waals surface area contributed by atoms with Crippen LogP contribution in [-0.4, -0.2) is 18.5 Å². The van der Waals surface area contributed by atoms with Crippen LogP contribution in [0.5, 0.6) is 11.5 Å². The van der Waals surface area contributed by atoms with Crippen LogP contribution in [0.25, 0.3) is 11.0 Å². The Bertz CT molecular complexity index is 1360. The SMILES string of the molecule is CCOc1ccccc1C(=O)Oc1ccc2cc(C(=O)NCc3ccccc3)c(=O)oc2c1. The summed E-state index contributed by atoms with van der Waals surface area (Å²) in [6.45, 7) is 2.52. The molecule has 4 aromatic rings. The minimum atomic E-state index is -0.779. The maximum Gasteiger partial charge on any atom is 0.349 e. The summed E-state index contributed by atoms with van der Waals surface area (Å²) >= 11 is 0. The van der Waals surface area contributed by atoms with Crippen LogP contribution < -0.4 is 20.4 Å². The van der Waals surface area contributed by atoms with Crippen LogP contribution in [0.3, 0.4) is 0 Å². The lowest BCUT2D eigenvalue weighted by Crippen LogP contribution is -2.27. The van der Waals surface area contributed by atoms with Crippen molar-refractivity contribution in [1.82, 2.24) is 5.32 Å². The summed E-state index contributed by atoms with van der Waals surface area (Å²) < 4.78 is 16.2. The summed E-state index contributed by atoms with van der Waals surface area (Å²) in [4.78, 5) is 37.5. The smallest absolute Gasteiger partial charge is 0.349 e. The third-order valence-corrected chi connectivity index (χ3v) is 4.87. The Kier molecular flexibility index (Phi) is 6.50. The van der Waals surface area contributed by atoms with Crippen molar-refractivity contribution >= 4 is 22.8 Å². The van der Waals surface area contributed by atoms with Crippen LogP contribution >= 0.6 is 0 Å².